The molecule has 11 heteroatoms. The summed E-state index contributed by atoms with van der Waals surface area (Å²) >= 11 is 1.72. The van der Waals surface area contributed by atoms with E-state index in [2.05, 4.69) is 39.2 Å². The fraction of sp³-hybridized carbons (Fsp3) is 0.611. The first-order chi connectivity index (χ1) is 13.9. The zero-order chi connectivity index (χ0) is 20.9. The Hall–Kier alpha value is -1.98. The summed E-state index contributed by atoms with van der Waals surface area (Å²) < 4.78 is 31.4. The Morgan fingerprint density at radius 2 is 2.10 bits per heavy atom. The number of hydrogen-bond donors (Lipinski definition) is 1. The lowest BCUT2D eigenvalue weighted by Gasteiger charge is -2.35. The van der Waals surface area contributed by atoms with Crippen molar-refractivity contribution in [2.75, 3.05) is 33.2 Å². The molecule has 9 nitrogen and oxygen atoms in total. The molecule has 0 amide bonds. The topological polar surface area (TPSA) is 104 Å². The van der Waals surface area contributed by atoms with Crippen molar-refractivity contribution < 1.29 is 12.9 Å². The van der Waals surface area contributed by atoms with Crippen molar-refractivity contribution >= 4 is 27.3 Å². The van der Waals surface area contributed by atoms with Crippen LogP contribution in [0, 0.1) is 5.92 Å². The first-order valence-corrected chi connectivity index (χ1v) is 12.1. The van der Waals surface area contributed by atoms with Gasteiger partial charge in [-0.2, -0.15) is 4.31 Å². The van der Waals surface area contributed by atoms with Gasteiger partial charge < -0.3 is 14.7 Å². The van der Waals surface area contributed by atoms with Gasteiger partial charge in [-0.25, -0.2) is 13.4 Å². The van der Waals surface area contributed by atoms with Gasteiger partial charge in [-0.1, -0.05) is 19.0 Å². The van der Waals surface area contributed by atoms with Crippen LogP contribution in [-0.4, -0.2) is 66.9 Å². The number of sulfonamides is 1. The number of thiazole rings is 1. The summed E-state index contributed by atoms with van der Waals surface area (Å²) in [6, 6.07) is 1.57. The highest BCUT2D eigenvalue weighted by Gasteiger charge is 2.29. The number of nitrogens with zero attached hydrogens (tertiary/aromatic N) is 5. The highest BCUT2D eigenvalue weighted by molar-refractivity contribution is 7.88. The minimum Gasteiger partial charge on any atom is -0.364 e. The van der Waals surface area contributed by atoms with E-state index in [1.54, 1.807) is 24.5 Å². The maximum atomic E-state index is 12.6. The van der Waals surface area contributed by atoms with Gasteiger partial charge in [0.05, 0.1) is 17.2 Å². The lowest BCUT2D eigenvalue weighted by atomic mass is 10.1. The summed E-state index contributed by atoms with van der Waals surface area (Å²) in [7, 11) is -1.66. The Morgan fingerprint density at radius 1 is 1.34 bits per heavy atom. The van der Waals surface area contributed by atoms with Gasteiger partial charge >= 0.3 is 0 Å². The second-order valence-electron chi connectivity index (χ2n) is 7.35. The van der Waals surface area contributed by atoms with Crippen LogP contribution in [0.1, 0.15) is 29.4 Å². The largest absolute Gasteiger partial charge is 0.364 e. The Morgan fingerprint density at radius 3 is 2.72 bits per heavy atom. The molecule has 0 atom stereocenters. The molecule has 1 aliphatic heterocycles. The monoisotopic (exact) mass is 440 g/mol. The molecule has 1 saturated heterocycles. The maximum Gasteiger partial charge on any atom is 0.220 e. The molecule has 3 rings (SSSR count). The van der Waals surface area contributed by atoms with Crippen molar-refractivity contribution in [3.05, 3.63) is 34.1 Å². The number of guanidine groups is 1. The van der Waals surface area contributed by atoms with Crippen molar-refractivity contribution in [3.8, 4) is 0 Å². The van der Waals surface area contributed by atoms with Crippen LogP contribution in [0.15, 0.2) is 28.0 Å². The van der Waals surface area contributed by atoms with Crippen molar-refractivity contribution in [3.63, 3.8) is 0 Å². The van der Waals surface area contributed by atoms with Gasteiger partial charge in [-0.3, -0.25) is 4.99 Å². The average molecular weight is 441 g/mol. The van der Waals surface area contributed by atoms with Crippen LogP contribution in [0.4, 0.5) is 0 Å². The zero-order valence-corrected chi connectivity index (χ0v) is 18.7. The van der Waals surface area contributed by atoms with E-state index in [1.165, 1.54) is 10.6 Å². The number of aromatic nitrogens is 2. The van der Waals surface area contributed by atoms with Crippen LogP contribution in [0.25, 0.3) is 0 Å². The van der Waals surface area contributed by atoms with Gasteiger partial charge in [0.15, 0.2) is 5.96 Å². The highest BCUT2D eigenvalue weighted by atomic mass is 32.2. The van der Waals surface area contributed by atoms with E-state index >= 15 is 0 Å². The Bertz CT molecular complexity index is 900. The van der Waals surface area contributed by atoms with Crippen molar-refractivity contribution in [1.29, 1.82) is 0 Å². The Kier molecular flexibility index (Phi) is 7.25. The minimum absolute atomic E-state index is 0.138. The number of piperazine rings is 1. The summed E-state index contributed by atoms with van der Waals surface area (Å²) in [5.41, 5.74) is 0.422. The molecule has 0 bridgehead atoms. The van der Waals surface area contributed by atoms with Gasteiger partial charge in [0, 0.05) is 56.8 Å². The summed E-state index contributed by atoms with van der Waals surface area (Å²) in [6.07, 6.45) is 4.29. The third-order valence-electron chi connectivity index (χ3n) is 4.57. The van der Waals surface area contributed by atoms with Crippen molar-refractivity contribution in [2.24, 2.45) is 10.9 Å². The normalized spacial score (nSPS) is 16.6. The number of hydrogen-bond acceptors (Lipinski definition) is 7. The third kappa shape index (κ3) is 6.00. The van der Waals surface area contributed by atoms with Gasteiger partial charge in [0.1, 0.15) is 12.0 Å². The SMILES string of the molecule is CN=C(NCc1cnc(CC(C)C)s1)N1CCN(S(=O)(=O)Cc2ccon2)CC1. The summed E-state index contributed by atoms with van der Waals surface area (Å²) in [5.74, 6) is 1.23. The molecule has 0 radical (unpaired) electrons. The second kappa shape index (κ2) is 9.68. The average Bonchev–Trinajstić information content (AvgIpc) is 3.34. The van der Waals surface area contributed by atoms with Gasteiger partial charge in [0.2, 0.25) is 10.0 Å². The van der Waals surface area contributed by atoms with Crippen LogP contribution in [0.3, 0.4) is 0 Å². The molecule has 0 unspecified atom stereocenters. The smallest absolute Gasteiger partial charge is 0.220 e. The molecule has 0 aromatic carbocycles. The molecular weight excluding hydrogens is 412 g/mol. The van der Waals surface area contributed by atoms with Gasteiger partial charge in [-0.05, 0) is 5.92 Å². The van der Waals surface area contributed by atoms with Crippen molar-refractivity contribution in [1.82, 2.24) is 24.7 Å². The molecular formula is C18H28N6O3S2. The lowest BCUT2D eigenvalue weighted by Crippen LogP contribution is -2.53. The minimum atomic E-state index is -3.41. The van der Waals surface area contributed by atoms with Gasteiger partial charge in [0.25, 0.3) is 0 Å². The van der Waals surface area contributed by atoms with Crippen LogP contribution >= 0.6 is 11.3 Å². The molecule has 0 saturated carbocycles. The summed E-state index contributed by atoms with van der Waals surface area (Å²) in [6.45, 7) is 7.03. The van der Waals surface area contributed by atoms with E-state index in [0.29, 0.717) is 44.3 Å². The first-order valence-electron chi connectivity index (χ1n) is 9.63. The molecule has 0 spiro atoms. The Balaban J connectivity index is 1.50. The van der Waals surface area contributed by atoms with E-state index in [4.69, 9.17) is 4.52 Å². The van der Waals surface area contributed by atoms with Crippen LogP contribution in [0.2, 0.25) is 0 Å². The molecule has 1 aliphatic rings. The molecule has 2 aromatic heterocycles. The van der Waals surface area contributed by atoms with E-state index in [0.717, 1.165) is 22.3 Å². The summed E-state index contributed by atoms with van der Waals surface area (Å²) in [4.78, 5) is 12.1. The van der Waals surface area contributed by atoms with Crippen LogP contribution in [0.5, 0.6) is 0 Å². The van der Waals surface area contributed by atoms with Crippen LogP contribution in [-0.2, 0) is 28.7 Å². The molecule has 0 aliphatic carbocycles. The standard InChI is InChI=1S/C18H28N6O3S2/c1-14(2)10-17-20-11-16(28-17)12-21-18(19-3)23-5-7-24(8-6-23)29(25,26)13-15-4-9-27-22-15/h4,9,11,14H,5-8,10,12-13H2,1-3H3,(H,19,21). The first kappa shape index (κ1) is 21.7. The zero-order valence-electron chi connectivity index (χ0n) is 17.0. The number of aliphatic imine (C=N–C) groups is 1. The molecule has 1 N–H and O–H groups in total. The maximum absolute atomic E-state index is 12.6. The van der Waals surface area contributed by atoms with Gasteiger partial charge in [-0.15, -0.1) is 11.3 Å². The lowest BCUT2D eigenvalue weighted by molar-refractivity contribution is 0.260. The fourth-order valence-corrected chi connectivity index (χ4v) is 5.64. The fourth-order valence-electron chi connectivity index (χ4n) is 3.14. The quantitative estimate of drug-likeness (QED) is 0.514. The Labute approximate surface area is 175 Å². The highest BCUT2D eigenvalue weighted by Crippen LogP contribution is 2.17. The summed E-state index contributed by atoms with van der Waals surface area (Å²) in [5, 5.41) is 8.22. The van der Waals surface area contributed by atoms with E-state index < -0.39 is 10.0 Å². The molecule has 160 valence electrons. The van der Waals surface area contributed by atoms with Crippen LogP contribution < -0.4 is 5.32 Å². The molecule has 29 heavy (non-hydrogen) atoms. The second-order valence-corrected chi connectivity index (χ2v) is 10.5. The van der Waals surface area contributed by atoms with E-state index in [-0.39, 0.29) is 5.75 Å². The molecule has 2 aromatic rings. The predicted octanol–water partition coefficient (Wildman–Crippen LogP) is 1.55. The number of rotatable bonds is 7. The number of nitrogens with one attached hydrogen (secondary N) is 1. The predicted molar refractivity (Wildman–Crippen MR) is 113 cm³/mol. The van der Waals surface area contributed by atoms with Crippen molar-refractivity contribution in [2.45, 2.75) is 32.6 Å². The molecule has 1 fully saturated rings. The third-order valence-corrected chi connectivity index (χ3v) is 7.40. The van der Waals surface area contributed by atoms with E-state index in [9.17, 15) is 8.42 Å². The van der Waals surface area contributed by atoms with E-state index in [1.807, 2.05) is 6.20 Å². The molecule has 3 heterocycles.